The van der Waals surface area contributed by atoms with E-state index in [9.17, 15) is 4.79 Å². The van der Waals surface area contributed by atoms with E-state index in [0.29, 0.717) is 5.56 Å². The molecule has 18 heavy (non-hydrogen) atoms. The van der Waals surface area contributed by atoms with Crippen molar-refractivity contribution in [3.63, 3.8) is 0 Å². The number of thioether (sulfide) groups is 1. The first kappa shape index (κ1) is 14.6. The molecule has 1 atom stereocenters. The monoisotopic (exact) mass is 262 g/mol. The number of carbonyl (C=O) groups is 1. The maximum Gasteiger partial charge on any atom is 0.235 e. The van der Waals surface area contributed by atoms with Crippen LogP contribution in [0.2, 0.25) is 0 Å². The van der Waals surface area contributed by atoms with Gasteiger partial charge in [0.1, 0.15) is 0 Å². The predicted molar refractivity (Wildman–Crippen MR) is 74.4 cm³/mol. The van der Waals surface area contributed by atoms with Gasteiger partial charge in [0, 0.05) is 18.0 Å². The number of nitriles is 1. The molecule has 0 aromatic heterocycles. The summed E-state index contributed by atoms with van der Waals surface area (Å²) in [6.07, 6.45) is 0. The van der Waals surface area contributed by atoms with Gasteiger partial charge in [-0.05, 0) is 39.0 Å². The summed E-state index contributed by atoms with van der Waals surface area (Å²) in [6, 6.07) is 9.63. The quantitative estimate of drug-likeness (QED) is 0.784. The number of hydrogen-bond acceptors (Lipinski definition) is 3. The van der Waals surface area contributed by atoms with Crippen molar-refractivity contribution in [2.45, 2.75) is 37.0 Å². The fourth-order valence-electron chi connectivity index (χ4n) is 1.43. The lowest BCUT2D eigenvalue weighted by Crippen LogP contribution is -2.38. The number of amides is 1. The summed E-state index contributed by atoms with van der Waals surface area (Å²) in [7, 11) is 1.82. The van der Waals surface area contributed by atoms with Crippen molar-refractivity contribution in [1.29, 1.82) is 5.26 Å². The Bertz CT molecular complexity index is 465. The molecular formula is C14H18N2OS. The zero-order valence-electron chi connectivity index (χ0n) is 11.2. The molecule has 1 aromatic rings. The van der Waals surface area contributed by atoms with Gasteiger partial charge in [-0.25, -0.2) is 0 Å². The first-order valence-electron chi connectivity index (χ1n) is 5.89. The standard InChI is InChI=1S/C14H18N2OS/c1-10(2)16(4)14(17)11(3)18-13-7-5-6-12(8-13)9-15/h5-8,10-11H,1-4H3/t11-/m0/s1. The smallest absolute Gasteiger partial charge is 0.235 e. The Morgan fingerprint density at radius 3 is 2.61 bits per heavy atom. The number of nitrogens with zero attached hydrogens (tertiary/aromatic N) is 2. The van der Waals surface area contributed by atoms with Gasteiger partial charge in [0.15, 0.2) is 0 Å². The zero-order chi connectivity index (χ0) is 13.7. The molecular weight excluding hydrogens is 244 g/mol. The highest BCUT2D eigenvalue weighted by Crippen LogP contribution is 2.25. The third-order valence-corrected chi connectivity index (χ3v) is 3.83. The molecule has 4 heteroatoms. The summed E-state index contributed by atoms with van der Waals surface area (Å²) in [5.74, 6) is 0.109. The highest BCUT2D eigenvalue weighted by molar-refractivity contribution is 8.00. The predicted octanol–water partition coefficient (Wildman–Crippen LogP) is 2.91. The minimum Gasteiger partial charge on any atom is -0.342 e. The van der Waals surface area contributed by atoms with Gasteiger partial charge in [0.2, 0.25) is 5.91 Å². The molecule has 0 N–H and O–H groups in total. The molecule has 0 saturated heterocycles. The SMILES string of the molecule is CC(C)N(C)C(=O)[C@H](C)Sc1cccc(C#N)c1. The van der Waals surface area contributed by atoms with Crippen LogP contribution in [0, 0.1) is 11.3 Å². The molecule has 96 valence electrons. The maximum absolute atomic E-state index is 12.1. The topological polar surface area (TPSA) is 44.1 Å². The van der Waals surface area contributed by atoms with Crippen LogP contribution in [-0.4, -0.2) is 29.1 Å². The lowest BCUT2D eigenvalue weighted by atomic mass is 10.2. The van der Waals surface area contributed by atoms with Gasteiger partial charge in [-0.3, -0.25) is 4.79 Å². The highest BCUT2D eigenvalue weighted by atomic mass is 32.2. The summed E-state index contributed by atoms with van der Waals surface area (Å²) in [5, 5.41) is 8.69. The highest BCUT2D eigenvalue weighted by Gasteiger charge is 2.20. The van der Waals surface area contributed by atoms with Crippen LogP contribution in [0.25, 0.3) is 0 Å². The van der Waals surface area contributed by atoms with Crippen molar-refractivity contribution in [3.8, 4) is 6.07 Å². The molecule has 0 aliphatic heterocycles. The van der Waals surface area contributed by atoms with Gasteiger partial charge in [0.25, 0.3) is 0 Å². The Kier molecular flexibility index (Phi) is 5.24. The third-order valence-electron chi connectivity index (χ3n) is 2.75. The van der Waals surface area contributed by atoms with E-state index in [0.717, 1.165) is 4.90 Å². The molecule has 0 radical (unpaired) electrons. The lowest BCUT2D eigenvalue weighted by molar-refractivity contribution is -0.130. The fraction of sp³-hybridized carbons (Fsp3) is 0.429. The van der Waals surface area contributed by atoms with E-state index in [1.807, 2.05) is 46.0 Å². The Morgan fingerprint density at radius 2 is 2.06 bits per heavy atom. The van der Waals surface area contributed by atoms with Crippen LogP contribution in [0.4, 0.5) is 0 Å². The van der Waals surface area contributed by atoms with Crippen molar-refractivity contribution in [3.05, 3.63) is 29.8 Å². The summed E-state index contributed by atoms with van der Waals surface area (Å²) in [5.41, 5.74) is 0.622. The molecule has 1 aromatic carbocycles. The minimum atomic E-state index is -0.147. The number of benzene rings is 1. The van der Waals surface area contributed by atoms with Gasteiger partial charge in [-0.1, -0.05) is 6.07 Å². The van der Waals surface area contributed by atoms with Crippen LogP contribution >= 0.6 is 11.8 Å². The summed E-state index contributed by atoms with van der Waals surface area (Å²) >= 11 is 1.48. The first-order valence-corrected chi connectivity index (χ1v) is 6.77. The molecule has 3 nitrogen and oxygen atoms in total. The maximum atomic E-state index is 12.1. The minimum absolute atomic E-state index is 0.109. The van der Waals surface area contributed by atoms with E-state index in [4.69, 9.17) is 5.26 Å². The Labute approximate surface area is 113 Å². The van der Waals surface area contributed by atoms with E-state index >= 15 is 0 Å². The van der Waals surface area contributed by atoms with Gasteiger partial charge in [0.05, 0.1) is 16.9 Å². The van der Waals surface area contributed by atoms with Gasteiger partial charge >= 0.3 is 0 Å². The Morgan fingerprint density at radius 1 is 1.39 bits per heavy atom. The van der Waals surface area contributed by atoms with Crippen LogP contribution in [0.3, 0.4) is 0 Å². The second-order valence-corrected chi connectivity index (χ2v) is 5.86. The second kappa shape index (κ2) is 6.46. The van der Waals surface area contributed by atoms with Crippen LogP contribution < -0.4 is 0 Å². The molecule has 0 fully saturated rings. The molecule has 0 unspecified atom stereocenters. The van der Waals surface area contributed by atoms with Crippen LogP contribution in [0.15, 0.2) is 29.2 Å². The third kappa shape index (κ3) is 3.78. The number of rotatable bonds is 4. The zero-order valence-corrected chi connectivity index (χ0v) is 12.0. The largest absolute Gasteiger partial charge is 0.342 e. The fourth-order valence-corrected chi connectivity index (χ4v) is 2.46. The molecule has 0 aliphatic rings. The van der Waals surface area contributed by atoms with Crippen molar-refractivity contribution in [2.24, 2.45) is 0 Å². The van der Waals surface area contributed by atoms with E-state index in [2.05, 4.69) is 6.07 Å². The van der Waals surface area contributed by atoms with Gasteiger partial charge in [-0.2, -0.15) is 5.26 Å². The average Bonchev–Trinajstić information content (AvgIpc) is 2.36. The van der Waals surface area contributed by atoms with Crippen molar-refractivity contribution >= 4 is 17.7 Å². The Hall–Kier alpha value is -1.47. The molecule has 0 aliphatic carbocycles. The molecule has 1 rings (SSSR count). The first-order chi connectivity index (χ1) is 8.45. The van der Waals surface area contributed by atoms with Crippen LogP contribution in [0.1, 0.15) is 26.3 Å². The number of hydrogen-bond donors (Lipinski definition) is 0. The van der Waals surface area contributed by atoms with Crippen molar-refractivity contribution < 1.29 is 4.79 Å². The summed E-state index contributed by atoms with van der Waals surface area (Å²) in [6.45, 7) is 5.88. The molecule has 0 saturated carbocycles. The molecule has 1 amide bonds. The normalized spacial score (nSPS) is 12.0. The van der Waals surface area contributed by atoms with Gasteiger partial charge in [-0.15, -0.1) is 11.8 Å². The van der Waals surface area contributed by atoms with E-state index in [1.165, 1.54) is 11.8 Å². The number of carbonyl (C=O) groups excluding carboxylic acids is 1. The molecule has 0 heterocycles. The summed E-state index contributed by atoms with van der Waals surface area (Å²) < 4.78 is 0. The Balaban J connectivity index is 2.72. The van der Waals surface area contributed by atoms with Crippen molar-refractivity contribution in [1.82, 2.24) is 4.90 Å². The lowest BCUT2D eigenvalue weighted by Gasteiger charge is -2.24. The van der Waals surface area contributed by atoms with Crippen LogP contribution in [0.5, 0.6) is 0 Å². The van der Waals surface area contributed by atoms with Crippen molar-refractivity contribution in [2.75, 3.05) is 7.05 Å². The van der Waals surface area contributed by atoms with E-state index in [-0.39, 0.29) is 17.2 Å². The van der Waals surface area contributed by atoms with Crippen LogP contribution in [-0.2, 0) is 4.79 Å². The summed E-state index contributed by atoms with van der Waals surface area (Å²) in [4.78, 5) is 14.8. The van der Waals surface area contributed by atoms with E-state index in [1.54, 1.807) is 11.0 Å². The second-order valence-electron chi connectivity index (χ2n) is 4.44. The van der Waals surface area contributed by atoms with E-state index < -0.39 is 0 Å². The average molecular weight is 262 g/mol. The molecule has 0 spiro atoms. The van der Waals surface area contributed by atoms with Gasteiger partial charge < -0.3 is 4.90 Å². The molecule has 0 bridgehead atoms.